The van der Waals surface area contributed by atoms with Crippen molar-refractivity contribution >= 4 is 5.71 Å². The van der Waals surface area contributed by atoms with Crippen LogP contribution in [0.5, 0.6) is 0 Å². The maximum atomic E-state index is 6.95. The van der Waals surface area contributed by atoms with E-state index in [1.165, 1.54) is 6.20 Å². The fourth-order valence-electron chi connectivity index (χ4n) is 0.125. The van der Waals surface area contributed by atoms with Gasteiger partial charge in [0.2, 0.25) is 0 Å². The lowest BCUT2D eigenvalue weighted by Gasteiger charge is -1.89. The summed E-state index contributed by atoms with van der Waals surface area (Å²) in [7, 11) is 0. The molecule has 0 aromatic rings. The van der Waals surface area contributed by atoms with Crippen molar-refractivity contribution in [3.63, 3.8) is 0 Å². The lowest BCUT2D eigenvalue weighted by atomic mass is 10.2. The molecular formula is C5H10N2. The molecule has 0 bridgehead atoms. The molecule has 0 saturated heterocycles. The Balaban J connectivity index is 3.82. The second-order valence-corrected chi connectivity index (χ2v) is 1.47. The first-order valence-electron chi connectivity index (χ1n) is 2.12. The maximum absolute atomic E-state index is 6.95. The molecule has 0 aliphatic heterocycles. The standard InChI is InChI=1S/C5H10N2/c1-4(3-6)5(2)7/h3,7H,6H2,1-2H3/b4-3-,7-5?. The largest absolute Gasteiger partial charge is 0.404 e. The van der Waals surface area contributed by atoms with Crippen LogP contribution in [0.1, 0.15) is 13.8 Å². The highest BCUT2D eigenvalue weighted by Crippen LogP contribution is 1.87. The van der Waals surface area contributed by atoms with E-state index in [1.54, 1.807) is 6.92 Å². The Morgan fingerprint density at radius 3 is 2.00 bits per heavy atom. The van der Waals surface area contributed by atoms with E-state index in [1.807, 2.05) is 6.92 Å². The van der Waals surface area contributed by atoms with Gasteiger partial charge >= 0.3 is 0 Å². The van der Waals surface area contributed by atoms with Crippen molar-refractivity contribution in [2.75, 3.05) is 0 Å². The maximum Gasteiger partial charge on any atom is 0.0326 e. The summed E-state index contributed by atoms with van der Waals surface area (Å²) in [5, 5.41) is 6.95. The van der Waals surface area contributed by atoms with Crippen LogP contribution in [-0.4, -0.2) is 5.71 Å². The SMILES string of the molecule is CC(=N)/C(C)=C\N. The molecular weight excluding hydrogens is 88.1 g/mol. The van der Waals surface area contributed by atoms with Crippen LogP contribution < -0.4 is 5.73 Å². The average Bonchev–Trinajstić information content (AvgIpc) is 1.65. The van der Waals surface area contributed by atoms with E-state index >= 15 is 0 Å². The number of hydrogen-bond donors (Lipinski definition) is 2. The lowest BCUT2D eigenvalue weighted by Crippen LogP contribution is -1.93. The minimum absolute atomic E-state index is 0.530. The first-order valence-corrected chi connectivity index (χ1v) is 2.12. The van der Waals surface area contributed by atoms with Crippen molar-refractivity contribution in [3.05, 3.63) is 11.8 Å². The highest BCUT2D eigenvalue weighted by Gasteiger charge is 1.84. The first-order chi connectivity index (χ1) is 3.18. The van der Waals surface area contributed by atoms with E-state index in [0.29, 0.717) is 5.71 Å². The molecule has 0 aromatic heterocycles. The summed E-state index contributed by atoms with van der Waals surface area (Å²) >= 11 is 0. The molecule has 3 N–H and O–H groups in total. The van der Waals surface area contributed by atoms with Crippen LogP contribution in [0.2, 0.25) is 0 Å². The van der Waals surface area contributed by atoms with E-state index in [0.717, 1.165) is 5.57 Å². The van der Waals surface area contributed by atoms with Gasteiger partial charge in [-0.1, -0.05) is 0 Å². The predicted molar refractivity (Wildman–Crippen MR) is 31.3 cm³/mol. The summed E-state index contributed by atoms with van der Waals surface area (Å²) < 4.78 is 0. The minimum Gasteiger partial charge on any atom is -0.404 e. The van der Waals surface area contributed by atoms with Crippen LogP contribution >= 0.6 is 0 Å². The predicted octanol–water partition coefficient (Wildman–Crippen LogP) is 0.889. The number of nitrogens with one attached hydrogen (secondary N) is 1. The van der Waals surface area contributed by atoms with Gasteiger partial charge in [-0.3, -0.25) is 0 Å². The van der Waals surface area contributed by atoms with Gasteiger partial charge in [-0.15, -0.1) is 0 Å². The monoisotopic (exact) mass is 98.1 g/mol. The van der Waals surface area contributed by atoms with Gasteiger partial charge in [-0.2, -0.15) is 0 Å². The Morgan fingerprint density at radius 2 is 2.00 bits per heavy atom. The molecule has 2 heteroatoms. The van der Waals surface area contributed by atoms with Crippen LogP contribution in [0.25, 0.3) is 0 Å². The zero-order chi connectivity index (χ0) is 5.86. The highest BCUT2D eigenvalue weighted by atomic mass is 14.5. The van der Waals surface area contributed by atoms with Crippen LogP contribution in [0.3, 0.4) is 0 Å². The Labute approximate surface area is 43.5 Å². The highest BCUT2D eigenvalue weighted by molar-refractivity contribution is 5.94. The zero-order valence-electron chi connectivity index (χ0n) is 4.65. The summed E-state index contributed by atoms with van der Waals surface area (Å²) in [6.45, 7) is 3.51. The van der Waals surface area contributed by atoms with Crippen molar-refractivity contribution in [2.45, 2.75) is 13.8 Å². The fraction of sp³-hybridized carbons (Fsp3) is 0.400. The Bertz CT molecular complexity index is 103. The Morgan fingerprint density at radius 1 is 1.57 bits per heavy atom. The third-order valence-electron chi connectivity index (χ3n) is 0.842. The molecule has 0 heterocycles. The normalized spacial score (nSPS) is 11.4. The summed E-state index contributed by atoms with van der Waals surface area (Å²) in [5.41, 5.74) is 6.43. The van der Waals surface area contributed by atoms with Crippen molar-refractivity contribution in [1.82, 2.24) is 0 Å². The van der Waals surface area contributed by atoms with E-state index in [2.05, 4.69) is 0 Å². The van der Waals surface area contributed by atoms with Crippen LogP contribution in [0.4, 0.5) is 0 Å². The van der Waals surface area contributed by atoms with Crippen molar-refractivity contribution in [3.8, 4) is 0 Å². The molecule has 0 atom stereocenters. The lowest BCUT2D eigenvalue weighted by molar-refractivity contribution is 1.39. The fourth-order valence-corrected chi connectivity index (χ4v) is 0.125. The van der Waals surface area contributed by atoms with Crippen molar-refractivity contribution in [1.29, 1.82) is 5.41 Å². The van der Waals surface area contributed by atoms with Crippen molar-refractivity contribution in [2.24, 2.45) is 5.73 Å². The molecule has 0 aliphatic rings. The molecule has 0 fully saturated rings. The van der Waals surface area contributed by atoms with Gasteiger partial charge in [0, 0.05) is 5.71 Å². The molecule has 0 aliphatic carbocycles. The smallest absolute Gasteiger partial charge is 0.0326 e. The molecule has 2 nitrogen and oxygen atoms in total. The number of rotatable bonds is 1. The zero-order valence-corrected chi connectivity index (χ0v) is 4.65. The second kappa shape index (κ2) is 2.39. The average molecular weight is 98.1 g/mol. The number of hydrogen-bond acceptors (Lipinski definition) is 2. The van der Waals surface area contributed by atoms with Gasteiger partial charge in [-0.25, -0.2) is 0 Å². The van der Waals surface area contributed by atoms with Crippen LogP contribution in [0, 0.1) is 5.41 Å². The number of nitrogens with two attached hydrogens (primary N) is 1. The van der Waals surface area contributed by atoms with Gasteiger partial charge < -0.3 is 11.1 Å². The van der Waals surface area contributed by atoms with E-state index in [-0.39, 0.29) is 0 Å². The van der Waals surface area contributed by atoms with Gasteiger partial charge in [0.25, 0.3) is 0 Å². The van der Waals surface area contributed by atoms with E-state index < -0.39 is 0 Å². The third-order valence-corrected chi connectivity index (χ3v) is 0.842. The van der Waals surface area contributed by atoms with Gasteiger partial charge in [-0.05, 0) is 25.6 Å². The van der Waals surface area contributed by atoms with Crippen LogP contribution in [-0.2, 0) is 0 Å². The topological polar surface area (TPSA) is 49.9 Å². The summed E-state index contributed by atoms with van der Waals surface area (Å²) in [4.78, 5) is 0. The summed E-state index contributed by atoms with van der Waals surface area (Å²) in [6, 6.07) is 0. The second-order valence-electron chi connectivity index (χ2n) is 1.47. The molecule has 0 unspecified atom stereocenters. The molecule has 0 aromatic carbocycles. The molecule has 0 amide bonds. The third kappa shape index (κ3) is 1.98. The molecule has 0 saturated carbocycles. The number of allylic oxidation sites excluding steroid dienone is 1. The van der Waals surface area contributed by atoms with Gasteiger partial charge in [0.1, 0.15) is 0 Å². The van der Waals surface area contributed by atoms with Gasteiger partial charge in [0.05, 0.1) is 0 Å². The van der Waals surface area contributed by atoms with E-state index in [9.17, 15) is 0 Å². The molecule has 7 heavy (non-hydrogen) atoms. The Kier molecular flexibility index (Phi) is 2.12. The van der Waals surface area contributed by atoms with Crippen molar-refractivity contribution < 1.29 is 0 Å². The molecule has 0 radical (unpaired) electrons. The summed E-state index contributed by atoms with van der Waals surface area (Å²) in [5.74, 6) is 0. The molecule has 40 valence electrons. The van der Waals surface area contributed by atoms with E-state index in [4.69, 9.17) is 11.1 Å². The van der Waals surface area contributed by atoms with Crippen LogP contribution in [0.15, 0.2) is 11.8 Å². The Hall–Kier alpha value is -0.790. The molecule has 0 spiro atoms. The quantitative estimate of drug-likeness (QED) is 0.470. The van der Waals surface area contributed by atoms with Gasteiger partial charge in [0.15, 0.2) is 0 Å². The summed E-state index contributed by atoms with van der Waals surface area (Å²) in [6.07, 6.45) is 1.43. The molecule has 0 rings (SSSR count). The minimum atomic E-state index is 0.530. The first kappa shape index (κ1) is 6.21.